The van der Waals surface area contributed by atoms with Crippen LogP contribution in [0.5, 0.6) is 11.5 Å². The number of anilines is 1. The van der Waals surface area contributed by atoms with Gasteiger partial charge in [0.25, 0.3) is 0 Å². The molecule has 2 bridgehead atoms. The van der Waals surface area contributed by atoms with E-state index in [2.05, 4.69) is 5.32 Å². The predicted molar refractivity (Wildman–Crippen MR) is 115 cm³/mol. The van der Waals surface area contributed by atoms with Gasteiger partial charge < -0.3 is 25.7 Å². The van der Waals surface area contributed by atoms with Gasteiger partial charge in [0.05, 0.1) is 5.60 Å². The fourth-order valence-electron chi connectivity index (χ4n) is 6.35. The van der Waals surface area contributed by atoms with Crippen LogP contribution in [-0.2, 0) is 9.59 Å². The number of allylic oxidation sites excluding steroid dienone is 2. The van der Waals surface area contributed by atoms with E-state index in [1.807, 2.05) is 19.9 Å². The first-order valence-electron chi connectivity index (χ1n) is 10.9. The van der Waals surface area contributed by atoms with Crippen molar-refractivity contribution in [3.8, 4) is 11.5 Å². The van der Waals surface area contributed by atoms with Crippen LogP contribution < -0.4 is 5.32 Å². The molecular formula is C24H29NO7. The van der Waals surface area contributed by atoms with E-state index in [9.17, 15) is 29.7 Å². The van der Waals surface area contributed by atoms with Crippen LogP contribution in [0.2, 0.25) is 0 Å². The van der Waals surface area contributed by atoms with Crippen molar-refractivity contribution in [2.75, 3.05) is 5.32 Å². The molecule has 172 valence electrons. The van der Waals surface area contributed by atoms with Crippen molar-refractivity contribution in [3.63, 3.8) is 0 Å². The van der Waals surface area contributed by atoms with Crippen LogP contribution in [0.3, 0.4) is 0 Å². The highest BCUT2D eigenvalue weighted by Gasteiger charge is 2.62. The number of carboxylic acid groups (broad SMARTS) is 1. The molecule has 0 aliphatic heterocycles. The number of aliphatic hydroxyl groups is 1. The number of phenolic OH excluding ortho intramolecular Hbond substituents is 1. The van der Waals surface area contributed by atoms with Crippen LogP contribution in [0.1, 0.15) is 62.7 Å². The zero-order valence-corrected chi connectivity index (χ0v) is 18.2. The molecule has 1 spiro atoms. The van der Waals surface area contributed by atoms with E-state index in [0.717, 1.165) is 31.4 Å². The number of amides is 1. The number of hydrogen-bond acceptors (Lipinski definition) is 6. The number of benzene rings is 1. The molecular weight excluding hydrogens is 414 g/mol. The summed E-state index contributed by atoms with van der Waals surface area (Å²) in [5, 5.41) is 42.5. The van der Waals surface area contributed by atoms with Crippen molar-refractivity contribution in [1.82, 2.24) is 0 Å². The van der Waals surface area contributed by atoms with E-state index in [1.54, 1.807) is 6.08 Å². The van der Waals surface area contributed by atoms with Crippen molar-refractivity contribution >= 4 is 23.3 Å². The second-order valence-electron chi connectivity index (χ2n) is 10.1. The Morgan fingerprint density at radius 1 is 1.22 bits per heavy atom. The summed E-state index contributed by atoms with van der Waals surface area (Å²) >= 11 is 0. The van der Waals surface area contributed by atoms with E-state index in [4.69, 9.17) is 5.11 Å². The van der Waals surface area contributed by atoms with Gasteiger partial charge in [0.2, 0.25) is 5.91 Å². The third-order valence-corrected chi connectivity index (χ3v) is 8.16. The van der Waals surface area contributed by atoms with Crippen LogP contribution in [0.4, 0.5) is 5.69 Å². The minimum absolute atomic E-state index is 0.0245. The fourth-order valence-corrected chi connectivity index (χ4v) is 6.35. The van der Waals surface area contributed by atoms with Crippen LogP contribution in [0.15, 0.2) is 24.3 Å². The third-order valence-electron chi connectivity index (χ3n) is 8.16. The van der Waals surface area contributed by atoms with Gasteiger partial charge in [-0.25, -0.2) is 4.79 Å². The Labute approximate surface area is 186 Å². The molecule has 0 radical (unpaired) electrons. The van der Waals surface area contributed by atoms with Gasteiger partial charge in [0.15, 0.2) is 11.5 Å². The lowest BCUT2D eigenvalue weighted by Crippen LogP contribution is -2.60. The number of aromatic carboxylic acids is 1. The summed E-state index contributed by atoms with van der Waals surface area (Å²) < 4.78 is 0. The lowest BCUT2D eigenvalue weighted by atomic mass is 9.42. The number of hydrogen-bond donors (Lipinski definition) is 5. The summed E-state index contributed by atoms with van der Waals surface area (Å²) in [5.74, 6) is -2.99. The number of fused-ring (bicyclic) bond motifs is 2. The average molecular weight is 443 g/mol. The minimum atomic E-state index is -1.39. The van der Waals surface area contributed by atoms with Crippen LogP contribution in [-0.4, -0.2) is 43.7 Å². The summed E-state index contributed by atoms with van der Waals surface area (Å²) in [5.41, 5.74) is -2.59. The molecule has 4 aliphatic carbocycles. The molecule has 5 rings (SSSR count). The molecule has 1 aromatic carbocycles. The topological polar surface area (TPSA) is 144 Å². The number of carbonyl (C=O) groups excluding carboxylic acids is 2. The number of ketones is 1. The predicted octanol–water partition coefficient (Wildman–Crippen LogP) is 3.22. The maximum atomic E-state index is 13.0. The van der Waals surface area contributed by atoms with Crippen molar-refractivity contribution in [2.24, 2.45) is 22.7 Å². The molecule has 0 aromatic heterocycles. The van der Waals surface area contributed by atoms with E-state index in [1.165, 1.54) is 0 Å². The van der Waals surface area contributed by atoms with E-state index in [-0.39, 0.29) is 41.6 Å². The van der Waals surface area contributed by atoms with Gasteiger partial charge in [-0.05, 0) is 74.5 Å². The van der Waals surface area contributed by atoms with Crippen LogP contribution in [0, 0.1) is 22.7 Å². The van der Waals surface area contributed by atoms with Gasteiger partial charge in [-0.15, -0.1) is 0 Å². The monoisotopic (exact) mass is 443 g/mol. The molecule has 8 nitrogen and oxygen atoms in total. The first-order chi connectivity index (χ1) is 14.9. The first-order valence-corrected chi connectivity index (χ1v) is 10.9. The Kier molecular flexibility index (Phi) is 5.12. The molecule has 3 saturated carbocycles. The highest BCUT2D eigenvalue weighted by molar-refractivity contribution is 6.00. The molecule has 5 atom stereocenters. The Bertz CT molecular complexity index is 1030. The normalized spacial score (nSPS) is 35.4. The molecule has 1 aromatic rings. The third kappa shape index (κ3) is 3.37. The van der Waals surface area contributed by atoms with Gasteiger partial charge in [-0.3, -0.25) is 9.59 Å². The maximum Gasteiger partial charge on any atom is 0.339 e. The first kappa shape index (κ1) is 22.3. The average Bonchev–Trinajstić information content (AvgIpc) is 2.71. The summed E-state index contributed by atoms with van der Waals surface area (Å²) in [7, 11) is 0. The molecule has 5 N–H and O–H groups in total. The molecule has 1 amide bonds. The lowest BCUT2D eigenvalue weighted by molar-refractivity contribution is -0.172. The van der Waals surface area contributed by atoms with Crippen molar-refractivity contribution in [3.05, 3.63) is 29.8 Å². The number of carboxylic acids is 1. The summed E-state index contributed by atoms with van der Waals surface area (Å²) in [6, 6.07) is 2.13. The standard InChI is InChI=1S/C24H29NO7/c1-22(8-7-18(28)25-19-15(26)4-3-14(20(19)29)21(30)31)16-11-13-5-9-24(16,10-6-17(22)27)12-23(13,2)32/h3-4,6,10,13,16,26,29,32H,5,7-9,11-12H2,1-2H3,(H,25,28)(H,30,31)/t13?,16?,22-,23+,24?/m0/s1. The largest absolute Gasteiger partial charge is 0.506 e. The highest BCUT2D eigenvalue weighted by atomic mass is 16.4. The smallest absolute Gasteiger partial charge is 0.339 e. The van der Waals surface area contributed by atoms with Crippen molar-refractivity contribution in [1.29, 1.82) is 0 Å². The quantitative estimate of drug-likeness (QED) is 0.440. The number of nitrogens with one attached hydrogen (secondary N) is 1. The summed E-state index contributed by atoms with van der Waals surface area (Å²) in [6.45, 7) is 3.75. The number of rotatable bonds is 5. The zero-order valence-electron chi connectivity index (χ0n) is 18.2. The Balaban J connectivity index is 1.52. The van der Waals surface area contributed by atoms with E-state index >= 15 is 0 Å². The van der Waals surface area contributed by atoms with Crippen LogP contribution >= 0.6 is 0 Å². The fraction of sp³-hybridized carbons (Fsp3) is 0.542. The second-order valence-corrected chi connectivity index (χ2v) is 10.1. The highest BCUT2D eigenvalue weighted by Crippen LogP contribution is 2.65. The van der Waals surface area contributed by atoms with Crippen molar-refractivity contribution < 1.29 is 34.8 Å². The molecule has 0 saturated heterocycles. The van der Waals surface area contributed by atoms with Gasteiger partial charge in [0, 0.05) is 11.8 Å². The SMILES string of the molecule is C[C@@]1(O)CC23C=CC(=O)[C@@](C)(CCC(=O)Nc4c(O)ccc(C(=O)O)c4O)C2CC1CC3. The maximum absolute atomic E-state index is 13.0. The van der Waals surface area contributed by atoms with Gasteiger partial charge in [-0.1, -0.05) is 13.0 Å². The number of carbonyl (C=O) groups is 3. The molecule has 3 fully saturated rings. The lowest BCUT2D eigenvalue weighted by Gasteiger charge is -2.62. The molecule has 3 unspecified atom stereocenters. The number of aromatic hydroxyl groups is 2. The Hall–Kier alpha value is -2.87. The molecule has 0 heterocycles. The Morgan fingerprint density at radius 3 is 2.59 bits per heavy atom. The Morgan fingerprint density at radius 2 is 1.94 bits per heavy atom. The van der Waals surface area contributed by atoms with Crippen molar-refractivity contribution in [2.45, 2.75) is 58.0 Å². The molecule has 4 aliphatic rings. The van der Waals surface area contributed by atoms with Gasteiger partial charge in [-0.2, -0.15) is 0 Å². The van der Waals surface area contributed by atoms with Gasteiger partial charge >= 0.3 is 5.97 Å². The zero-order chi connectivity index (χ0) is 23.5. The van der Waals surface area contributed by atoms with E-state index < -0.39 is 40.0 Å². The van der Waals surface area contributed by atoms with Gasteiger partial charge in [0.1, 0.15) is 17.0 Å². The van der Waals surface area contributed by atoms with Crippen LogP contribution in [0.25, 0.3) is 0 Å². The minimum Gasteiger partial charge on any atom is -0.506 e. The molecule has 8 heteroatoms. The number of phenols is 2. The van der Waals surface area contributed by atoms with E-state index in [0.29, 0.717) is 6.42 Å². The second kappa shape index (κ2) is 7.33. The molecule has 32 heavy (non-hydrogen) atoms. The summed E-state index contributed by atoms with van der Waals surface area (Å²) in [6.07, 6.45) is 6.95. The summed E-state index contributed by atoms with van der Waals surface area (Å²) in [4.78, 5) is 36.8.